The van der Waals surface area contributed by atoms with E-state index in [1.54, 1.807) is 6.20 Å². The Hall–Kier alpha value is -2.15. The first kappa shape index (κ1) is 15.4. The van der Waals surface area contributed by atoms with Crippen LogP contribution in [-0.4, -0.2) is 52.0 Å². The second-order valence-corrected chi connectivity index (χ2v) is 6.65. The van der Waals surface area contributed by atoms with Gasteiger partial charge in [-0.3, -0.25) is 9.89 Å². The first-order chi connectivity index (χ1) is 11.7. The van der Waals surface area contributed by atoms with Gasteiger partial charge in [0.2, 0.25) is 0 Å². The summed E-state index contributed by atoms with van der Waals surface area (Å²) in [6.45, 7) is 4.10. The van der Waals surface area contributed by atoms with Crippen molar-refractivity contribution in [3.8, 4) is 11.3 Å². The Morgan fingerprint density at radius 2 is 2.29 bits per heavy atom. The number of carbonyl (C=O) groups is 1. The highest BCUT2D eigenvalue weighted by molar-refractivity contribution is 5.81. The maximum Gasteiger partial charge on any atom is 0.251 e. The third-order valence-electron chi connectivity index (χ3n) is 4.91. The Kier molecular flexibility index (Phi) is 4.10. The standard InChI is InChI=1S/C17H22N4O3/c1-11-8-15(24-20-11)13-9-18-19-16(13)12-4-2-6-21(10-12)17(22)14-5-3-7-23-14/h8-9,12,14H,2-7,10H2,1H3,(H,18,19)/t12-,14-/m1/s1. The zero-order valence-corrected chi connectivity index (χ0v) is 13.8. The van der Waals surface area contributed by atoms with E-state index in [4.69, 9.17) is 9.26 Å². The highest BCUT2D eigenvalue weighted by Crippen LogP contribution is 2.33. The number of nitrogens with one attached hydrogen (secondary N) is 1. The normalized spacial score (nSPS) is 24.5. The van der Waals surface area contributed by atoms with Crippen molar-refractivity contribution in [1.82, 2.24) is 20.3 Å². The largest absolute Gasteiger partial charge is 0.368 e. The fourth-order valence-corrected chi connectivity index (χ4v) is 3.68. The minimum absolute atomic E-state index is 0.133. The predicted octanol–water partition coefficient (Wildman–Crippen LogP) is 2.26. The van der Waals surface area contributed by atoms with E-state index in [0.29, 0.717) is 13.2 Å². The molecule has 128 valence electrons. The number of carbonyl (C=O) groups excluding carboxylic acids is 1. The Labute approximate surface area is 140 Å². The minimum Gasteiger partial charge on any atom is -0.368 e. The van der Waals surface area contributed by atoms with E-state index in [1.807, 2.05) is 17.9 Å². The molecule has 1 amide bonds. The van der Waals surface area contributed by atoms with Crippen molar-refractivity contribution in [2.45, 2.75) is 44.6 Å². The van der Waals surface area contributed by atoms with Gasteiger partial charge in [-0.15, -0.1) is 0 Å². The lowest BCUT2D eigenvalue weighted by Crippen LogP contribution is -2.44. The number of ether oxygens (including phenoxy) is 1. The fraction of sp³-hybridized carbons (Fsp3) is 0.588. The third kappa shape index (κ3) is 2.84. The molecule has 0 aromatic carbocycles. The van der Waals surface area contributed by atoms with E-state index < -0.39 is 0 Å². The molecule has 2 aliphatic rings. The summed E-state index contributed by atoms with van der Waals surface area (Å²) in [6, 6.07) is 1.91. The lowest BCUT2D eigenvalue weighted by atomic mass is 9.91. The van der Waals surface area contributed by atoms with Crippen molar-refractivity contribution in [2.24, 2.45) is 0 Å². The van der Waals surface area contributed by atoms with Crippen LogP contribution in [0.2, 0.25) is 0 Å². The van der Waals surface area contributed by atoms with E-state index >= 15 is 0 Å². The van der Waals surface area contributed by atoms with Gasteiger partial charge >= 0.3 is 0 Å². The number of hydrogen-bond donors (Lipinski definition) is 1. The van der Waals surface area contributed by atoms with Crippen LogP contribution in [0, 0.1) is 6.92 Å². The molecule has 2 aromatic heterocycles. The van der Waals surface area contributed by atoms with E-state index in [2.05, 4.69) is 15.4 Å². The number of aryl methyl sites for hydroxylation is 1. The fourth-order valence-electron chi connectivity index (χ4n) is 3.68. The van der Waals surface area contributed by atoms with Crippen LogP contribution in [0.25, 0.3) is 11.3 Å². The van der Waals surface area contributed by atoms with E-state index in [-0.39, 0.29) is 17.9 Å². The lowest BCUT2D eigenvalue weighted by Gasteiger charge is -2.33. The van der Waals surface area contributed by atoms with Gasteiger partial charge in [0.25, 0.3) is 5.91 Å². The smallest absolute Gasteiger partial charge is 0.251 e. The molecule has 24 heavy (non-hydrogen) atoms. The number of H-pyrrole nitrogens is 1. The SMILES string of the molecule is Cc1cc(-c2cn[nH]c2[C@@H]2CCCN(C(=O)[C@H]3CCCO3)C2)on1. The van der Waals surface area contributed by atoms with Gasteiger partial charge in [0.15, 0.2) is 5.76 Å². The Balaban J connectivity index is 1.52. The van der Waals surface area contributed by atoms with Crippen LogP contribution in [0.5, 0.6) is 0 Å². The molecule has 0 saturated carbocycles. The zero-order chi connectivity index (χ0) is 16.5. The molecule has 7 heteroatoms. The third-order valence-corrected chi connectivity index (χ3v) is 4.91. The summed E-state index contributed by atoms with van der Waals surface area (Å²) >= 11 is 0. The molecule has 4 rings (SSSR count). The Bertz CT molecular complexity index is 717. The highest BCUT2D eigenvalue weighted by atomic mass is 16.5. The maximum atomic E-state index is 12.6. The quantitative estimate of drug-likeness (QED) is 0.933. The van der Waals surface area contributed by atoms with Crippen molar-refractivity contribution in [3.05, 3.63) is 23.7 Å². The maximum absolute atomic E-state index is 12.6. The Morgan fingerprint density at radius 3 is 3.04 bits per heavy atom. The van der Waals surface area contributed by atoms with Crippen molar-refractivity contribution in [2.75, 3.05) is 19.7 Å². The molecule has 4 heterocycles. The van der Waals surface area contributed by atoms with E-state index in [9.17, 15) is 4.79 Å². The minimum atomic E-state index is -0.248. The second kappa shape index (κ2) is 6.39. The van der Waals surface area contributed by atoms with E-state index in [0.717, 1.165) is 54.9 Å². The number of rotatable bonds is 3. The summed E-state index contributed by atoms with van der Waals surface area (Å²) in [5.74, 6) is 1.08. The molecular formula is C17H22N4O3. The molecule has 0 unspecified atom stereocenters. The highest BCUT2D eigenvalue weighted by Gasteiger charge is 2.33. The summed E-state index contributed by atoms with van der Waals surface area (Å²) in [5, 5.41) is 11.3. The van der Waals surface area contributed by atoms with Crippen molar-refractivity contribution in [1.29, 1.82) is 0 Å². The first-order valence-electron chi connectivity index (χ1n) is 8.59. The number of aromatic amines is 1. The van der Waals surface area contributed by atoms with Gasteiger partial charge in [-0.1, -0.05) is 5.16 Å². The number of hydrogen-bond acceptors (Lipinski definition) is 5. The Morgan fingerprint density at radius 1 is 1.38 bits per heavy atom. The van der Waals surface area contributed by atoms with Crippen LogP contribution < -0.4 is 0 Å². The summed E-state index contributed by atoms with van der Waals surface area (Å²) in [6.07, 6.45) is 5.35. The molecule has 1 N–H and O–H groups in total. The number of likely N-dealkylation sites (tertiary alicyclic amines) is 1. The molecule has 0 radical (unpaired) electrons. The van der Waals surface area contributed by atoms with Crippen LogP contribution in [0.3, 0.4) is 0 Å². The van der Waals surface area contributed by atoms with Crippen molar-refractivity contribution in [3.63, 3.8) is 0 Å². The molecule has 0 bridgehead atoms. The van der Waals surface area contributed by atoms with Gasteiger partial charge in [0, 0.05) is 31.7 Å². The predicted molar refractivity (Wildman–Crippen MR) is 86.4 cm³/mol. The van der Waals surface area contributed by atoms with Crippen LogP contribution in [-0.2, 0) is 9.53 Å². The molecule has 2 saturated heterocycles. The number of nitrogens with zero attached hydrogens (tertiary/aromatic N) is 3. The second-order valence-electron chi connectivity index (χ2n) is 6.65. The van der Waals surface area contributed by atoms with Crippen LogP contribution in [0.1, 0.15) is 43.0 Å². The average Bonchev–Trinajstić information content (AvgIpc) is 3.35. The number of piperidine rings is 1. The first-order valence-corrected chi connectivity index (χ1v) is 8.59. The van der Waals surface area contributed by atoms with Gasteiger partial charge in [-0.05, 0) is 32.6 Å². The van der Waals surface area contributed by atoms with Gasteiger partial charge in [-0.25, -0.2) is 0 Å². The molecule has 2 aromatic rings. The van der Waals surface area contributed by atoms with Gasteiger partial charge in [-0.2, -0.15) is 5.10 Å². The van der Waals surface area contributed by atoms with Gasteiger partial charge < -0.3 is 14.2 Å². The molecule has 7 nitrogen and oxygen atoms in total. The zero-order valence-electron chi connectivity index (χ0n) is 13.8. The molecule has 2 fully saturated rings. The van der Waals surface area contributed by atoms with Crippen LogP contribution >= 0.6 is 0 Å². The molecule has 2 aliphatic heterocycles. The van der Waals surface area contributed by atoms with Crippen molar-refractivity contribution >= 4 is 5.91 Å². The van der Waals surface area contributed by atoms with Crippen LogP contribution in [0.4, 0.5) is 0 Å². The molecular weight excluding hydrogens is 308 g/mol. The topological polar surface area (TPSA) is 84.2 Å². The molecule has 0 spiro atoms. The van der Waals surface area contributed by atoms with Crippen molar-refractivity contribution < 1.29 is 14.1 Å². The monoisotopic (exact) mass is 330 g/mol. The molecule has 0 aliphatic carbocycles. The van der Waals surface area contributed by atoms with Crippen LogP contribution in [0.15, 0.2) is 16.8 Å². The van der Waals surface area contributed by atoms with Gasteiger partial charge in [0.1, 0.15) is 6.10 Å². The summed E-state index contributed by atoms with van der Waals surface area (Å²) < 4.78 is 10.9. The molecule has 2 atom stereocenters. The van der Waals surface area contributed by atoms with E-state index in [1.165, 1.54) is 0 Å². The summed E-state index contributed by atoms with van der Waals surface area (Å²) in [7, 11) is 0. The number of aromatic nitrogens is 3. The van der Waals surface area contributed by atoms with Gasteiger partial charge in [0.05, 0.1) is 23.1 Å². The summed E-state index contributed by atoms with van der Waals surface area (Å²) in [4.78, 5) is 14.6. The average molecular weight is 330 g/mol. The lowest BCUT2D eigenvalue weighted by molar-refractivity contribution is -0.142. The summed E-state index contributed by atoms with van der Waals surface area (Å²) in [5.41, 5.74) is 2.80. The number of amides is 1.